The van der Waals surface area contributed by atoms with E-state index in [0.717, 1.165) is 16.9 Å². The summed E-state index contributed by atoms with van der Waals surface area (Å²) in [5.74, 6) is -0.0884. The Kier molecular flexibility index (Phi) is 6.11. The van der Waals surface area contributed by atoms with Gasteiger partial charge in [-0.1, -0.05) is 24.3 Å². The molecule has 144 valence electrons. The molecule has 0 aliphatic heterocycles. The summed E-state index contributed by atoms with van der Waals surface area (Å²) >= 11 is 0. The fourth-order valence-electron chi connectivity index (χ4n) is 2.66. The van der Waals surface area contributed by atoms with Gasteiger partial charge in [0, 0.05) is 0 Å². The Morgan fingerprint density at radius 3 is 2.57 bits per heavy atom. The number of hydrogen-bond acceptors (Lipinski definition) is 5. The van der Waals surface area contributed by atoms with Crippen molar-refractivity contribution in [2.24, 2.45) is 0 Å². The lowest BCUT2D eigenvalue weighted by molar-refractivity contribution is 0.0451. The number of hydrogen-bond donors (Lipinski definition) is 1. The molecular weight excluding hydrogens is 358 g/mol. The highest BCUT2D eigenvalue weighted by Crippen LogP contribution is 2.22. The maximum atomic E-state index is 12.5. The van der Waals surface area contributed by atoms with Crippen molar-refractivity contribution in [2.45, 2.75) is 13.8 Å². The molecule has 1 heterocycles. The van der Waals surface area contributed by atoms with Gasteiger partial charge >= 0.3 is 5.97 Å². The first-order valence-corrected chi connectivity index (χ1v) is 8.85. The van der Waals surface area contributed by atoms with Crippen molar-refractivity contribution in [3.05, 3.63) is 83.3 Å². The number of anilines is 1. The number of aryl methyl sites for hydroxylation is 2. The standard InChI is InChI=1S/C22H21NO5/c1-15-6-3-8-17(14-15)26-12-13-28-22(25)18-9-4-7-16(2)20(18)23-21(24)19-10-5-11-27-19/h3-11,14H,12-13H2,1-2H3,(H,23,24). The number of furan rings is 1. The van der Waals surface area contributed by atoms with Gasteiger partial charge in [-0.05, 0) is 55.3 Å². The second-order valence-corrected chi connectivity index (χ2v) is 6.23. The first-order valence-electron chi connectivity index (χ1n) is 8.85. The van der Waals surface area contributed by atoms with Crippen LogP contribution < -0.4 is 10.1 Å². The van der Waals surface area contributed by atoms with Crippen molar-refractivity contribution < 1.29 is 23.5 Å². The minimum atomic E-state index is -0.536. The number of rotatable bonds is 7. The molecule has 28 heavy (non-hydrogen) atoms. The van der Waals surface area contributed by atoms with Crippen molar-refractivity contribution in [1.82, 2.24) is 0 Å². The van der Waals surface area contributed by atoms with Gasteiger partial charge in [-0.15, -0.1) is 0 Å². The molecule has 0 aliphatic rings. The first-order chi connectivity index (χ1) is 13.5. The minimum absolute atomic E-state index is 0.0896. The molecule has 0 spiro atoms. The number of para-hydroxylation sites is 1. The molecule has 0 fully saturated rings. The summed E-state index contributed by atoms with van der Waals surface area (Å²) in [5.41, 5.74) is 2.50. The summed E-state index contributed by atoms with van der Waals surface area (Å²) < 4.78 is 16.0. The summed E-state index contributed by atoms with van der Waals surface area (Å²) in [7, 11) is 0. The SMILES string of the molecule is Cc1cccc(OCCOC(=O)c2cccc(C)c2NC(=O)c2ccco2)c1. The van der Waals surface area contributed by atoms with Crippen LogP contribution in [0.2, 0.25) is 0 Å². The lowest BCUT2D eigenvalue weighted by Gasteiger charge is -2.13. The van der Waals surface area contributed by atoms with Crippen molar-refractivity contribution >= 4 is 17.6 Å². The van der Waals surface area contributed by atoms with Crippen LogP contribution in [0.3, 0.4) is 0 Å². The molecule has 0 unspecified atom stereocenters. The van der Waals surface area contributed by atoms with Crippen LogP contribution in [-0.4, -0.2) is 25.1 Å². The predicted octanol–water partition coefficient (Wildman–Crippen LogP) is 4.38. The molecule has 0 radical (unpaired) electrons. The van der Waals surface area contributed by atoms with E-state index in [2.05, 4.69) is 5.32 Å². The summed E-state index contributed by atoms with van der Waals surface area (Å²) in [5, 5.41) is 2.72. The lowest BCUT2D eigenvalue weighted by atomic mass is 10.1. The van der Waals surface area contributed by atoms with Gasteiger partial charge in [-0.3, -0.25) is 4.79 Å². The van der Waals surface area contributed by atoms with E-state index in [1.54, 1.807) is 37.3 Å². The number of ether oxygens (including phenoxy) is 2. The molecule has 6 heteroatoms. The largest absolute Gasteiger partial charge is 0.490 e. The minimum Gasteiger partial charge on any atom is -0.490 e. The van der Waals surface area contributed by atoms with E-state index in [-0.39, 0.29) is 24.5 Å². The molecule has 2 aromatic carbocycles. The van der Waals surface area contributed by atoms with E-state index in [1.807, 2.05) is 31.2 Å². The van der Waals surface area contributed by atoms with Gasteiger partial charge in [-0.2, -0.15) is 0 Å². The quantitative estimate of drug-likeness (QED) is 0.487. The van der Waals surface area contributed by atoms with Crippen LogP contribution in [0.25, 0.3) is 0 Å². The molecule has 1 amide bonds. The molecule has 0 aliphatic carbocycles. The smallest absolute Gasteiger partial charge is 0.340 e. The zero-order valence-corrected chi connectivity index (χ0v) is 15.7. The van der Waals surface area contributed by atoms with E-state index in [1.165, 1.54) is 6.26 Å². The summed E-state index contributed by atoms with van der Waals surface area (Å²) in [6, 6.07) is 15.9. The van der Waals surface area contributed by atoms with Crippen LogP contribution in [0, 0.1) is 13.8 Å². The van der Waals surface area contributed by atoms with Crippen molar-refractivity contribution in [1.29, 1.82) is 0 Å². The van der Waals surface area contributed by atoms with Crippen molar-refractivity contribution in [3.63, 3.8) is 0 Å². The molecule has 3 aromatic rings. The van der Waals surface area contributed by atoms with Crippen LogP contribution in [-0.2, 0) is 4.74 Å². The molecule has 0 atom stereocenters. The van der Waals surface area contributed by atoms with Crippen LogP contribution in [0.4, 0.5) is 5.69 Å². The Balaban J connectivity index is 1.61. The Morgan fingerprint density at radius 2 is 1.82 bits per heavy atom. The molecule has 0 saturated carbocycles. The topological polar surface area (TPSA) is 77.8 Å². The number of carbonyl (C=O) groups excluding carboxylic acids is 2. The number of benzene rings is 2. The molecule has 6 nitrogen and oxygen atoms in total. The van der Waals surface area contributed by atoms with Gasteiger partial charge in [0.15, 0.2) is 5.76 Å². The molecule has 0 saturated heterocycles. The van der Waals surface area contributed by atoms with E-state index in [0.29, 0.717) is 5.69 Å². The third kappa shape index (κ3) is 4.79. The number of carbonyl (C=O) groups is 2. The van der Waals surface area contributed by atoms with E-state index in [9.17, 15) is 9.59 Å². The Hall–Kier alpha value is -3.54. The highest BCUT2D eigenvalue weighted by atomic mass is 16.6. The van der Waals surface area contributed by atoms with Gasteiger partial charge in [0.25, 0.3) is 5.91 Å². The Labute approximate surface area is 163 Å². The second kappa shape index (κ2) is 8.90. The van der Waals surface area contributed by atoms with Crippen molar-refractivity contribution in [2.75, 3.05) is 18.5 Å². The first kappa shape index (κ1) is 19.2. The molecule has 3 rings (SSSR count). The fraction of sp³-hybridized carbons (Fsp3) is 0.182. The average Bonchev–Trinajstić information content (AvgIpc) is 3.21. The van der Waals surface area contributed by atoms with Crippen molar-refractivity contribution in [3.8, 4) is 5.75 Å². The lowest BCUT2D eigenvalue weighted by Crippen LogP contribution is -2.18. The second-order valence-electron chi connectivity index (χ2n) is 6.23. The van der Waals surface area contributed by atoms with E-state index >= 15 is 0 Å². The van der Waals surface area contributed by atoms with Crippen LogP contribution in [0.1, 0.15) is 32.0 Å². The normalized spacial score (nSPS) is 10.4. The molecular formula is C22H21NO5. The van der Waals surface area contributed by atoms with Gasteiger partial charge in [-0.25, -0.2) is 4.79 Å². The summed E-state index contributed by atoms with van der Waals surface area (Å²) in [6.07, 6.45) is 1.41. The van der Waals surface area contributed by atoms with Gasteiger partial charge < -0.3 is 19.2 Å². The zero-order valence-electron chi connectivity index (χ0n) is 15.7. The number of esters is 1. The third-order valence-electron chi connectivity index (χ3n) is 4.05. The Morgan fingerprint density at radius 1 is 1.00 bits per heavy atom. The van der Waals surface area contributed by atoms with Crippen LogP contribution in [0.15, 0.2) is 65.3 Å². The van der Waals surface area contributed by atoms with Gasteiger partial charge in [0.1, 0.15) is 19.0 Å². The summed E-state index contributed by atoms with van der Waals surface area (Å²) in [4.78, 5) is 24.8. The third-order valence-corrected chi connectivity index (χ3v) is 4.05. The Bertz CT molecular complexity index is 963. The number of amides is 1. The van der Waals surface area contributed by atoms with Crippen LogP contribution in [0.5, 0.6) is 5.75 Å². The predicted molar refractivity (Wildman–Crippen MR) is 105 cm³/mol. The van der Waals surface area contributed by atoms with E-state index in [4.69, 9.17) is 13.9 Å². The fourth-order valence-corrected chi connectivity index (χ4v) is 2.66. The monoisotopic (exact) mass is 379 g/mol. The van der Waals surface area contributed by atoms with Gasteiger partial charge in [0.2, 0.25) is 0 Å². The van der Waals surface area contributed by atoms with Crippen LogP contribution >= 0.6 is 0 Å². The molecule has 0 bridgehead atoms. The molecule has 1 N–H and O–H groups in total. The zero-order chi connectivity index (χ0) is 19.9. The van der Waals surface area contributed by atoms with Gasteiger partial charge in [0.05, 0.1) is 17.5 Å². The highest BCUT2D eigenvalue weighted by molar-refractivity contribution is 6.07. The maximum absolute atomic E-state index is 12.5. The highest BCUT2D eigenvalue weighted by Gasteiger charge is 2.18. The molecule has 1 aromatic heterocycles. The number of nitrogens with one attached hydrogen (secondary N) is 1. The van der Waals surface area contributed by atoms with E-state index < -0.39 is 11.9 Å². The summed E-state index contributed by atoms with van der Waals surface area (Å²) in [6.45, 7) is 4.10. The maximum Gasteiger partial charge on any atom is 0.340 e. The average molecular weight is 379 g/mol.